The van der Waals surface area contributed by atoms with Crippen molar-refractivity contribution < 1.29 is 21.1 Å². The van der Waals surface area contributed by atoms with E-state index in [2.05, 4.69) is 374 Å². The van der Waals surface area contributed by atoms with Crippen LogP contribution in [0.4, 0.5) is 22.7 Å². The van der Waals surface area contributed by atoms with Gasteiger partial charge in [-0.1, -0.05) is 252 Å². The summed E-state index contributed by atoms with van der Waals surface area (Å²) in [5.74, 6) is 0.874. The topological polar surface area (TPSA) is 24.3 Å². The van der Waals surface area contributed by atoms with E-state index in [-0.39, 0.29) is 26.5 Å². The number of rotatable bonds is 14. The van der Waals surface area contributed by atoms with E-state index in [1.165, 1.54) is 55.6 Å². The zero-order valence-corrected chi connectivity index (χ0v) is 54.7. The third-order valence-corrected chi connectivity index (χ3v) is 19.6. The molecule has 0 bridgehead atoms. The van der Waals surface area contributed by atoms with Crippen molar-refractivity contribution in [2.24, 2.45) is 0 Å². The van der Waals surface area contributed by atoms with Gasteiger partial charge in [0.25, 0.3) is 0 Å². The van der Waals surface area contributed by atoms with Crippen molar-refractivity contribution in [3.05, 3.63) is 377 Å². The molecule has 0 fully saturated rings. The first-order valence-electron chi connectivity index (χ1n) is 31.2. The van der Waals surface area contributed by atoms with Gasteiger partial charge in [-0.05, 0) is 135 Å². The van der Waals surface area contributed by atoms with Crippen molar-refractivity contribution in [1.82, 2.24) is 9.55 Å². The van der Waals surface area contributed by atoms with Gasteiger partial charge < -0.3 is 14.4 Å². The van der Waals surface area contributed by atoms with E-state index >= 15 is 0 Å². The summed E-state index contributed by atoms with van der Waals surface area (Å²) < 4.78 is 2.33. The summed E-state index contributed by atoms with van der Waals surface area (Å²) in [6.07, 6.45) is 1.96. The number of fused-ring (bicyclic) bond motifs is 4. The molecule has 3 heterocycles. The van der Waals surface area contributed by atoms with Crippen LogP contribution in [0.15, 0.2) is 291 Å². The molecule has 11 aromatic carbocycles. The Bertz CT molecular complexity index is 4460. The molecule has 0 radical (unpaired) electrons. The normalized spacial score (nSPS) is 12.9. The van der Waals surface area contributed by atoms with E-state index in [0.29, 0.717) is 0 Å². The monoisotopic (exact) mass is 1340 g/mol. The first-order chi connectivity index (χ1) is 43.1. The van der Waals surface area contributed by atoms with Gasteiger partial charge in [0.1, 0.15) is 5.82 Å². The standard InChI is InChI=1S/C85H73N4.Pt/c1-81(2,3)66-50-51-86-80(58-66)89-76-49-47-69(83(6,60-30-15-9-16-31-60)61-32-17-10-18-33-61)56-75(76)74-48-46-68(57-79(74)89)82(4,5)67-42-29-43-72(53-67)87-59-88(78-45-28-27-44-77(78)87)73-54-70(84(7,62-34-19-11-20-35-62)63-36-21-12-22-37-63)52-71(55-73)85(8,64-38-23-13-24-39-64)65-40-25-14-26-41-65;/h9-52,54-56,58-59H,1-8H3;/q-3;. The Morgan fingerprint density at radius 2 is 0.789 bits per heavy atom. The van der Waals surface area contributed by atoms with E-state index in [4.69, 9.17) is 4.98 Å². The van der Waals surface area contributed by atoms with Gasteiger partial charge in [0.15, 0.2) is 0 Å². The molecular weight excluding hydrogens is 1270 g/mol. The number of hydrogen-bond donors (Lipinski definition) is 0. The van der Waals surface area contributed by atoms with E-state index in [1.54, 1.807) is 0 Å². The van der Waals surface area contributed by atoms with Crippen LogP contribution in [0.1, 0.15) is 122 Å². The zero-order valence-electron chi connectivity index (χ0n) is 52.4. The van der Waals surface area contributed by atoms with Crippen LogP contribution in [-0.2, 0) is 48.1 Å². The van der Waals surface area contributed by atoms with E-state index in [9.17, 15) is 0 Å². The molecule has 1 aliphatic heterocycles. The fraction of sp³-hybridized carbons (Fsp3) is 0.153. The SMILES string of the molecule is CC(C)(C)c1ccnc(-n2c3[c-]c(C(C)(C)c4[c-]c(N5[CH-]N(c6cc(C(C)(c7ccccc7)c7ccccc7)cc(C(C)(c7ccccc7)c7ccccc7)c6)c6ccccc65)ccc4)ccc3c3cc(C(C)(c4ccccc4)c4ccccc4)ccc32)c1.[Pt]. The molecule has 446 valence electrons. The first-order valence-corrected chi connectivity index (χ1v) is 31.2. The number of pyridine rings is 1. The number of hydrogen-bond acceptors (Lipinski definition) is 3. The molecule has 14 rings (SSSR count). The Morgan fingerprint density at radius 3 is 1.27 bits per heavy atom. The van der Waals surface area contributed by atoms with Crippen LogP contribution in [0.3, 0.4) is 0 Å². The van der Waals surface area contributed by atoms with Crippen LogP contribution >= 0.6 is 0 Å². The summed E-state index contributed by atoms with van der Waals surface area (Å²) >= 11 is 0. The van der Waals surface area contributed by atoms with Gasteiger partial charge in [-0.3, -0.25) is 0 Å². The molecule has 0 unspecified atom stereocenters. The summed E-state index contributed by atoms with van der Waals surface area (Å²) in [5.41, 5.74) is 18.5. The van der Waals surface area contributed by atoms with Crippen LogP contribution in [0.5, 0.6) is 0 Å². The summed E-state index contributed by atoms with van der Waals surface area (Å²) in [7, 11) is 0. The Balaban J connectivity index is 0.00000743. The molecule has 90 heavy (non-hydrogen) atoms. The molecule has 2 aromatic heterocycles. The maximum Gasteiger partial charge on any atom is 0.135 e. The Labute approximate surface area is 546 Å². The average Bonchev–Trinajstić information content (AvgIpc) is 1.44. The van der Waals surface area contributed by atoms with Gasteiger partial charge in [-0.2, -0.15) is 53.6 Å². The number of aromatic nitrogens is 2. The molecule has 0 atom stereocenters. The number of nitrogens with zero attached hydrogens (tertiary/aromatic N) is 4. The average molecular weight is 1350 g/mol. The van der Waals surface area contributed by atoms with E-state index < -0.39 is 21.7 Å². The Morgan fingerprint density at radius 1 is 0.344 bits per heavy atom. The van der Waals surface area contributed by atoms with Crippen molar-refractivity contribution >= 4 is 44.6 Å². The van der Waals surface area contributed by atoms with Crippen molar-refractivity contribution in [3.8, 4) is 5.82 Å². The summed E-state index contributed by atoms with van der Waals surface area (Å²) in [6, 6.07) is 113. The smallest absolute Gasteiger partial charge is 0.135 e. The molecule has 0 aliphatic carbocycles. The summed E-state index contributed by atoms with van der Waals surface area (Å²) in [6.45, 7) is 20.8. The second kappa shape index (κ2) is 23.6. The van der Waals surface area contributed by atoms with Crippen LogP contribution < -0.4 is 9.80 Å². The number of benzene rings is 11. The van der Waals surface area contributed by atoms with Crippen molar-refractivity contribution in [3.63, 3.8) is 0 Å². The van der Waals surface area contributed by atoms with Crippen LogP contribution in [-0.4, -0.2) is 9.55 Å². The fourth-order valence-corrected chi connectivity index (χ4v) is 13.9. The molecule has 1 aliphatic rings. The third-order valence-electron chi connectivity index (χ3n) is 19.6. The minimum atomic E-state index is -0.530. The van der Waals surface area contributed by atoms with Crippen molar-refractivity contribution in [2.75, 3.05) is 9.80 Å². The molecule has 0 saturated carbocycles. The molecule has 13 aromatic rings. The first kappa shape index (κ1) is 59.6. The molecule has 0 amide bonds. The molecule has 0 spiro atoms. The summed E-state index contributed by atoms with van der Waals surface area (Å²) in [4.78, 5) is 9.83. The fourth-order valence-electron chi connectivity index (χ4n) is 13.9. The second-order valence-corrected chi connectivity index (χ2v) is 26.1. The van der Waals surface area contributed by atoms with Gasteiger partial charge in [0.05, 0.1) is 0 Å². The van der Waals surface area contributed by atoms with Crippen LogP contribution in [0.2, 0.25) is 0 Å². The Kier molecular flexibility index (Phi) is 15.6. The van der Waals surface area contributed by atoms with Gasteiger partial charge in [0.2, 0.25) is 0 Å². The van der Waals surface area contributed by atoms with Gasteiger partial charge in [-0.15, -0.1) is 17.7 Å². The zero-order chi connectivity index (χ0) is 61.1. The van der Waals surface area contributed by atoms with Gasteiger partial charge in [-0.25, -0.2) is 4.98 Å². The molecular formula is C85H73N4Pt-3. The predicted octanol–water partition coefficient (Wildman–Crippen LogP) is 20.9. The van der Waals surface area contributed by atoms with E-state index in [1.807, 2.05) is 6.20 Å². The maximum absolute atomic E-state index is 5.13. The van der Waals surface area contributed by atoms with Gasteiger partial charge >= 0.3 is 0 Å². The van der Waals surface area contributed by atoms with Crippen molar-refractivity contribution in [2.45, 2.75) is 82.5 Å². The number of anilines is 4. The minimum absolute atomic E-state index is 0. The van der Waals surface area contributed by atoms with Crippen LogP contribution in [0.25, 0.3) is 27.6 Å². The largest absolute Gasteiger partial charge is 0.493 e. The molecule has 5 heteroatoms. The molecule has 0 saturated heterocycles. The van der Waals surface area contributed by atoms with E-state index in [0.717, 1.165) is 61.5 Å². The maximum atomic E-state index is 5.13. The number of para-hydroxylation sites is 2. The molecule has 4 nitrogen and oxygen atoms in total. The minimum Gasteiger partial charge on any atom is -0.493 e. The Hall–Kier alpha value is -9.34. The quantitative estimate of drug-likeness (QED) is 0.0801. The van der Waals surface area contributed by atoms with Gasteiger partial charge in [0, 0.05) is 66.1 Å². The van der Waals surface area contributed by atoms with Crippen LogP contribution in [0, 0.1) is 18.8 Å². The van der Waals surface area contributed by atoms with Crippen molar-refractivity contribution in [1.29, 1.82) is 0 Å². The molecule has 0 N–H and O–H groups in total. The predicted molar refractivity (Wildman–Crippen MR) is 370 cm³/mol. The second-order valence-electron chi connectivity index (χ2n) is 26.1. The summed E-state index contributed by atoms with van der Waals surface area (Å²) in [5, 5.41) is 2.29. The third kappa shape index (κ3) is 10.2.